The minimum Gasteiger partial charge on any atom is -0.457 e. The van der Waals surface area contributed by atoms with E-state index in [9.17, 15) is 19.2 Å². The van der Waals surface area contributed by atoms with Gasteiger partial charge in [0.15, 0.2) is 0 Å². The Balaban J connectivity index is 1.05. The van der Waals surface area contributed by atoms with Crippen LogP contribution in [0.5, 0.6) is 23.0 Å². The molecular formula is C40H34N2O6. The van der Waals surface area contributed by atoms with Crippen molar-refractivity contribution in [2.45, 2.75) is 50.9 Å². The quantitative estimate of drug-likeness (QED) is 0.199. The van der Waals surface area contributed by atoms with E-state index in [1.54, 1.807) is 24.3 Å². The summed E-state index contributed by atoms with van der Waals surface area (Å²) in [6, 6.07) is 23.8. The van der Waals surface area contributed by atoms with E-state index in [1.807, 2.05) is 24.3 Å². The lowest BCUT2D eigenvalue weighted by molar-refractivity contribution is -0.00605. The molecule has 0 unspecified atom stereocenters. The van der Waals surface area contributed by atoms with E-state index in [0.29, 0.717) is 17.2 Å². The minimum absolute atomic E-state index is 0.0777. The van der Waals surface area contributed by atoms with E-state index in [4.69, 9.17) is 9.47 Å². The van der Waals surface area contributed by atoms with Crippen molar-refractivity contribution in [1.29, 1.82) is 0 Å². The molecule has 10 rings (SSSR count). The SMILES string of the molecule is Cc1ccc(Oc2ccc(Oc3ccc(-n4c(=O)c5cc6c(=O)n(C)c(=O)c6cc5c4=O)cc3)cc2C23CC4CC(CC(C4)C2)C3)cc1. The molecule has 4 bridgehead atoms. The highest BCUT2D eigenvalue weighted by atomic mass is 16.5. The second-order valence-electron chi connectivity index (χ2n) is 14.4. The highest BCUT2D eigenvalue weighted by Gasteiger charge is 2.52. The lowest BCUT2D eigenvalue weighted by Gasteiger charge is -2.57. The number of aromatic nitrogens is 2. The number of hydrogen-bond donors (Lipinski definition) is 0. The summed E-state index contributed by atoms with van der Waals surface area (Å²) in [5, 5.41) is 0.494. The molecule has 0 aliphatic heterocycles. The van der Waals surface area contributed by atoms with Crippen LogP contribution in [-0.2, 0) is 12.5 Å². The molecule has 8 heteroatoms. The Morgan fingerprint density at radius 2 is 1.06 bits per heavy atom. The molecule has 4 aliphatic rings. The zero-order valence-corrected chi connectivity index (χ0v) is 26.8. The van der Waals surface area contributed by atoms with E-state index in [0.717, 1.165) is 38.4 Å². The summed E-state index contributed by atoms with van der Waals surface area (Å²) in [6.07, 6.45) is 7.59. The molecule has 2 heterocycles. The van der Waals surface area contributed by atoms with Crippen LogP contribution in [-0.4, -0.2) is 9.13 Å². The number of nitrogens with zero attached hydrogens (tertiary/aromatic N) is 2. The summed E-state index contributed by atoms with van der Waals surface area (Å²) in [6.45, 7) is 2.07. The minimum atomic E-state index is -0.536. The largest absolute Gasteiger partial charge is 0.457 e. The molecule has 6 aromatic rings. The third kappa shape index (κ3) is 4.42. The van der Waals surface area contributed by atoms with Crippen LogP contribution < -0.4 is 31.7 Å². The Morgan fingerprint density at radius 1 is 0.583 bits per heavy atom. The van der Waals surface area contributed by atoms with Gasteiger partial charge in [-0.25, -0.2) is 4.57 Å². The number of benzene rings is 4. The second-order valence-corrected chi connectivity index (χ2v) is 14.4. The summed E-state index contributed by atoms with van der Waals surface area (Å²) < 4.78 is 15.0. The molecule has 4 aromatic carbocycles. The van der Waals surface area contributed by atoms with Gasteiger partial charge in [0.2, 0.25) is 0 Å². The van der Waals surface area contributed by atoms with Gasteiger partial charge in [0.25, 0.3) is 22.2 Å². The van der Waals surface area contributed by atoms with E-state index >= 15 is 0 Å². The van der Waals surface area contributed by atoms with Gasteiger partial charge in [0, 0.05) is 12.6 Å². The van der Waals surface area contributed by atoms with Crippen molar-refractivity contribution in [3.8, 4) is 28.7 Å². The van der Waals surface area contributed by atoms with Crippen molar-refractivity contribution >= 4 is 21.5 Å². The molecule has 0 amide bonds. The molecule has 4 saturated carbocycles. The predicted molar refractivity (Wildman–Crippen MR) is 185 cm³/mol. The summed E-state index contributed by atoms with van der Waals surface area (Å²) in [7, 11) is 1.38. The highest BCUT2D eigenvalue weighted by molar-refractivity contribution is 5.98. The lowest BCUT2D eigenvalue weighted by atomic mass is 9.48. The predicted octanol–water partition coefficient (Wildman–Crippen LogP) is 6.80. The Bertz CT molecular complexity index is 2360. The second kappa shape index (κ2) is 10.4. The van der Waals surface area contributed by atoms with Gasteiger partial charge in [-0.15, -0.1) is 0 Å². The zero-order valence-electron chi connectivity index (χ0n) is 26.8. The normalized spacial score (nSPS) is 22.9. The summed E-state index contributed by atoms with van der Waals surface area (Å²) >= 11 is 0. The third-order valence-corrected chi connectivity index (χ3v) is 11.2. The molecule has 4 fully saturated rings. The van der Waals surface area contributed by atoms with Gasteiger partial charge in [-0.2, -0.15) is 0 Å². The Labute approximate surface area is 275 Å². The maximum Gasteiger partial charge on any atom is 0.266 e. The number of hydrogen-bond acceptors (Lipinski definition) is 6. The molecule has 240 valence electrons. The van der Waals surface area contributed by atoms with E-state index < -0.39 is 22.2 Å². The van der Waals surface area contributed by atoms with Gasteiger partial charge in [0.05, 0.1) is 27.2 Å². The molecule has 0 radical (unpaired) electrons. The maximum absolute atomic E-state index is 13.4. The fourth-order valence-electron chi connectivity index (χ4n) is 9.38. The number of aryl methyl sites for hydroxylation is 1. The molecular weight excluding hydrogens is 604 g/mol. The fraction of sp³-hybridized carbons (Fsp3) is 0.300. The van der Waals surface area contributed by atoms with Crippen LogP contribution in [0.25, 0.3) is 27.2 Å². The van der Waals surface area contributed by atoms with Gasteiger partial charge in [-0.05, 0) is 135 Å². The van der Waals surface area contributed by atoms with Crippen molar-refractivity contribution < 1.29 is 9.47 Å². The first-order valence-corrected chi connectivity index (χ1v) is 16.7. The van der Waals surface area contributed by atoms with Crippen molar-refractivity contribution in [3.05, 3.63) is 131 Å². The van der Waals surface area contributed by atoms with Gasteiger partial charge in [-0.1, -0.05) is 17.7 Å². The maximum atomic E-state index is 13.4. The van der Waals surface area contributed by atoms with Crippen LogP contribution >= 0.6 is 0 Å². The molecule has 2 aromatic heterocycles. The van der Waals surface area contributed by atoms with Crippen LogP contribution in [0.1, 0.15) is 49.7 Å². The van der Waals surface area contributed by atoms with E-state index in [-0.39, 0.29) is 27.0 Å². The summed E-state index contributed by atoms with van der Waals surface area (Å²) in [4.78, 5) is 51.8. The first-order valence-electron chi connectivity index (χ1n) is 16.7. The molecule has 8 nitrogen and oxygen atoms in total. The van der Waals surface area contributed by atoms with Crippen molar-refractivity contribution in [2.24, 2.45) is 24.8 Å². The van der Waals surface area contributed by atoms with Crippen LogP contribution in [0.15, 0.2) is 98.0 Å². The topological polar surface area (TPSA) is 96.6 Å². The zero-order chi connectivity index (χ0) is 32.9. The van der Waals surface area contributed by atoms with Gasteiger partial charge in [0.1, 0.15) is 23.0 Å². The number of rotatable bonds is 6. The fourth-order valence-corrected chi connectivity index (χ4v) is 9.38. The average molecular weight is 639 g/mol. The molecule has 0 N–H and O–H groups in total. The van der Waals surface area contributed by atoms with Crippen molar-refractivity contribution in [1.82, 2.24) is 9.13 Å². The molecule has 0 atom stereocenters. The van der Waals surface area contributed by atoms with Crippen LogP contribution in [0.4, 0.5) is 0 Å². The van der Waals surface area contributed by atoms with Crippen LogP contribution in [0, 0.1) is 24.7 Å². The molecule has 4 aliphatic carbocycles. The Morgan fingerprint density at radius 3 is 1.62 bits per heavy atom. The van der Waals surface area contributed by atoms with Gasteiger partial charge in [-0.3, -0.25) is 23.7 Å². The Hall–Kier alpha value is -5.24. The van der Waals surface area contributed by atoms with Gasteiger partial charge < -0.3 is 9.47 Å². The number of ether oxygens (including phenoxy) is 2. The average Bonchev–Trinajstić information content (AvgIpc) is 3.44. The van der Waals surface area contributed by atoms with Gasteiger partial charge >= 0.3 is 0 Å². The van der Waals surface area contributed by atoms with E-state index in [2.05, 4.69) is 25.1 Å². The molecule has 0 spiro atoms. The Kier molecular flexibility index (Phi) is 6.26. The molecule has 0 saturated heterocycles. The lowest BCUT2D eigenvalue weighted by Crippen LogP contribution is -2.48. The third-order valence-electron chi connectivity index (χ3n) is 11.2. The van der Waals surface area contributed by atoms with Crippen molar-refractivity contribution in [3.63, 3.8) is 0 Å². The summed E-state index contributed by atoms with van der Waals surface area (Å²) in [5.74, 6) is 5.29. The van der Waals surface area contributed by atoms with E-state index in [1.165, 1.54) is 68.8 Å². The highest BCUT2D eigenvalue weighted by Crippen LogP contribution is 2.62. The summed E-state index contributed by atoms with van der Waals surface area (Å²) in [5.41, 5.74) is 0.811. The first kappa shape index (κ1) is 28.9. The molecule has 48 heavy (non-hydrogen) atoms. The first-order chi connectivity index (χ1) is 23.2. The number of fused-ring (bicyclic) bond motifs is 2. The smallest absolute Gasteiger partial charge is 0.266 e. The monoisotopic (exact) mass is 638 g/mol. The van der Waals surface area contributed by atoms with Crippen LogP contribution in [0.2, 0.25) is 0 Å². The van der Waals surface area contributed by atoms with Crippen LogP contribution in [0.3, 0.4) is 0 Å². The standard InChI is InChI=1S/C40H34N2O6/c1-22-3-7-28(8-4-22)48-35-12-11-29(16-34(35)40-19-23-13-24(20-40)15-25(14-23)21-40)47-27-9-5-26(6-10-27)42-38(45)32-17-30-31(18-33(32)39(42)46)37(44)41(2)36(30)43/h3-12,16-18,23-25H,13-15,19-21H2,1-2H3. The van der Waals surface area contributed by atoms with Crippen molar-refractivity contribution in [2.75, 3.05) is 0 Å².